The fourth-order valence-electron chi connectivity index (χ4n) is 4.41. The molecule has 5 rings (SSSR count). The summed E-state index contributed by atoms with van der Waals surface area (Å²) in [7, 11) is 0. The number of thioether (sulfide) groups is 1. The fourth-order valence-corrected chi connectivity index (χ4v) is 7.88. The average molecular weight is 511 g/mol. The Hall–Kier alpha value is -2.39. The third kappa shape index (κ3) is 4.24. The SMILES string of the molecule is CCN1CCS/C1=C\C=c1/s/c(=C\c2sc3c4ccccc4ccc3[n+]2CCO)n(CC)c1=O. The standard InChI is InChI=1S/C26H28N3O2S3/c1-3-27-14-16-32-22(27)12-11-21-26(31)28(4-2)23(33-21)17-24-29(13-15-30)20-10-9-18-7-5-6-8-19(18)25(20)34-24/h5-12,17,30H,3-4,13-16H2,1-2H3/q+1/b21-11-,22-12-. The number of fused-ring (bicyclic) bond motifs is 3. The van der Waals surface area contributed by atoms with Crippen LogP contribution in [-0.4, -0.2) is 40.0 Å². The van der Waals surface area contributed by atoms with Gasteiger partial charge in [0.1, 0.15) is 16.0 Å². The third-order valence-electron chi connectivity index (χ3n) is 6.13. The van der Waals surface area contributed by atoms with E-state index in [0.717, 1.165) is 38.6 Å². The molecule has 5 nitrogen and oxygen atoms in total. The molecule has 0 saturated carbocycles. The zero-order valence-electron chi connectivity index (χ0n) is 19.4. The van der Waals surface area contributed by atoms with E-state index in [2.05, 4.69) is 64.9 Å². The van der Waals surface area contributed by atoms with E-state index >= 15 is 0 Å². The van der Waals surface area contributed by atoms with Gasteiger partial charge < -0.3 is 10.0 Å². The lowest BCUT2D eigenvalue weighted by Gasteiger charge is -2.14. The van der Waals surface area contributed by atoms with Crippen molar-refractivity contribution in [3.63, 3.8) is 0 Å². The zero-order valence-corrected chi connectivity index (χ0v) is 21.8. The lowest BCUT2D eigenvalue weighted by atomic mass is 10.1. The summed E-state index contributed by atoms with van der Waals surface area (Å²) < 4.78 is 6.90. The molecule has 0 atom stereocenters. The molecular weight excluding hydrogens is 483 g/mol. The lowest BCUT2D eigenvalue weighted by Crippen LogP contribution is -2.38. The van der Waals surface area contributed by atoms with E-state index in [1.165, 1.54) is 31.8 Å². The Bertz CT molecular complexity index is 1560. The van der Waals surface area contributed by atoms with Crippen molar-refractivity contribution in [3.8, 4) is 0 Å². The molecule has 0 amide bonds. The van der Waals surface area contributed by atoms with Crippen LogP contribution in [0.2, 0.25) is 0 Å². The summed E-state index contributed by atoms with van der Waals surface area (Å²) >= 11 is 5.10. The molecule has 3 heterocycles. The van der Waals surface area contributed by atoms with Gasteiger partial charge in [0, 0.05) is 36.8 Å². The molecule has 0 radical (unpaired) electrons. The van der Waals surface area contributed by atoms with Crippen LogP contribution in [0.15, 0.2) is 52.3 Å². The summed E-state index contributed by atoms with van der Waals surface area (Å²) in [5.74, 6) is 1.10. The van der Waals surface area contributed by atoms with Gasteiger partial charge in [-0.3, -0.25) is 9.36 Å². The minimum Gasteiger partial charge on any atom is -0.390 e. The van der Waals surface area contributed by atoms with Gasteiger partial charge in [-0.2, -0.15) is 4.57 Å². The average Bonchev–Trinajstić information content (AvgIpc) is 3.54. The second-order valence-corrected chi connectivity index (χ2v) is 11.3. The molecular formula is C26H28N3O2S3+. The first kappa shape index (κ1) is 23.4. The molecule has 2 aromatic heterocycles. The maximum atomic E-state index is 13.2. The molecule has 4 aromatic rings. The van der Waals surface area contributed by atoms with Crippen molar-refractivity contribution in [3.05, 3.63) is 72.1 Å². The molecule has 1 fully saturated rings. The van der Waals surface area contributed by atoms with E-state index in [4.69, 9.17) is 0 Å². The first-order valence-corrected chi connectivity index (χ1v) is 14.2. The largest absolute Gasteiger partial charge is 0.390 e. The van der Waals surface area contributed by atoms with Gasteiger partial charge in [-0.15, -0.1) is 23.1 Å². The first-order valence-electron chi connectivity index (χ1n) is 11.6. The summed E-state index contributed by atoms with van der Waals surface area (Å²) in [5, 5.41) is 14.5. The van der Waals surface area contributed by atoms with E-state index in [-0.39, 0.29) is 12.2 Å². The number of aromatic nitrogens is 2. The Labute approximate surface area is 210 Å². The van der Waals surface area contributed by atoms with Crippen LogP contribution in [-0.2, 0) is 13.1 Å². The number of aliphatic hydroxyl groups is 1. The maximum Gasteiger partial charge on any atom is 0.269 e. The quantitative estimate of drug-likeness (QED) is 0.405. The van der Waals surface area contributed by atoms with E-state index in [1.807, 2.05) is 29.3 Å². The monoisotopic (exact) mass is 510 g/mol. The molecule has 34 heavy (non-hydrogen) atoms. The molecule has 0 unspecified atom stereocenters. The molecule has 8 heteroatoms. The Kier molecular flexibility index (Phi) is 6.92. The number of aliphatic hydroxyl groups excluding tert-OH is 1. The minimum atomic E-state index is 0.0573. The van der Waals surface area contributed by atoms with Gasteiger partial charge in [0.15, 0.2) is 6.54 Å². The number of thiazole rings is 2. The van der Waals surface area contributed by atoms with Gasteiger partial charge >= 0.3 is 0 Å². The molecule has 0 bridgehead atoms. The van der Waals surface area contributed by atoms with Crippen LogP contribution < -0.4 is 19.3 Å². The van der Waals surface area contributed by atoms with Gasteiger partial charge in [0.2, 0.25) is 5.52 Å². The van der Waals surface area contributed by atoms with Gasteiger partial charge in [-0.05, 0) is 37.5 Å². The van der Waals surface area contributed by atoms with Crippen molar-refractivity contribution in [1.29, 1.82) is 0 Å². The number of hydrogen-bond donors (Lipinski definition) is 1. The predicted octanol–water partition coefficient (Wildman–Crippen LogP) is 3.10. The van der Waals surface area contributed by atoms with Crippen LogP contribution in [0.25, 0.3) is 33.1 Å². The molecule has 1 aliphatic rings. The van der Waals surface area contributed by atoms with Crippen LogP contribution in [0.4, 0.5) is 0 Å². The van der Waals surface area contributed by atoms with Crippen molar-refractivity contribution in [1.82, 2.24) is 9.47 Å². The van der Waals surface area contributed by atoms with Crippen LogP contribution in [0.3, 0.4) is 0 Å². The first-order chi connectivity index (χ1) is 16.6. The molecule has 2 aromatic carbocycles. The Morgan fingerprint density at radius 1 is 1.09 bits per heavy atom. The van der Waals surface area contributed by atoms with Crippen LogP contribution in [0, 0.1) is 0 Å². The Morgan fingerprint density at radius 2 is 1.94 bits per heavy atom. The Morgan fingerprint density at radius 3 is 2.74 bits per heavy atom. The van der Waals surface area contributed by atoms with E-state index in [0.29, 0.717) is 13.1 Å². The van der Waals surface area contributed by atoms with E-state index < -0.39 is 0 Å². The second-order valence-electron chi connectivity index (χ2n) is 8.05. The van der Waals surface area contributed by atoms with Gasteiger partial charge in [-0.1, -0.05) is 35.6 Å². The predicted molar refractivity (Wildman–Crippen MR) is 146 cm³/mol. The van der Waals surface area contributed by atoms with Crippen LogP contribution in [0.5, 0.6) is 0 Å². The highest BCUT2D eigenvalue weighted by atomic mass is 32.2. The minimum absolute atomic E-state index is 0.0573. The second kappa shape index (κ2) is 10.1. The maximum absolute atomic E-state index is 13.2. The highest BCUT2D eigenvalue weighted by molar-refractivity contribution is 8.03. The summed E-state index contributed by atoms with van der Waals surface area (Å²) in [6.45, 7) is 7.43. The molecule has 0 spiro atoms. The van der Waals surface area contributed by atoms with Crippen molar-refractivity contribution < 1.29 is 9.67 Å². The fraction of sp³-hybridized carbons (Fsp3) is 0.308. The van der Waals surface area contributed by atoms with Crippen molar-refractivity contribution in [2.45, 2.75) is 26.9 Å². The smallest absolute Gasteiger partial charge is 0.269 e. The number of benzene rings is 2. The van der Waals surface area contributed by atoms with Crippen LogP contribution >= 0.6 is 34.4 Å². The molecule has 1 N–H and O–H groups in total. The van der Waals surface area contributed by atoms with Gasteiger partial charge in [0.05, 0.1) is 15.6 Å². The van der Waals surface area contributed by atoms with Crippen molar-refractivity contribution >= 4 is 67.6 Å². The molecule has 0 aliphatic carbocycles. The topological polar surface area (TPSA) is 49.4 Å². The third-order valence-corrected chi connectivity index (χ3v) is 9.46. The summed E-state index contributed by atoms with van der Waals surface area (Å²) in [4.78, 5) is 15.5. The molecule has 1 aliphatic heterocycles. The van der Waals surface area contributed by atoms with Crippen molar-refractivity contribution in [2.24, 2.45) is 0 Å². The summed E-state index contributed by atoms with van der Waals surface area (Å²) in [5.41, 5.74) is 1.17. The highest BCUT2D eigenvalue weighted by Gasteiger charge is 2.21. The highest BCUT2D eigenvalue weighted by Crippen LogP contribution is 2.30. The summed E-state index contributed by atoms with van der Waals surface area (Å²) in [6.07, 6.45) is 6.18. The normalized spacial score (nSPS) is 16.7. The van der Waals surface area contributed by atoms with Gasteiger partial charge in [-0.25, -0.2) is 0 Å². The van der Waals surface area contributed by atoms with E-state index in [9.17, 15) is 9.90 Å². The Balaban J connectivity index is 1.68. The lowest BCUT2D eigenvalue weighted by molar-refractivity contribution is -0.670. The zero-order chi connectivity index (χ0) is 23.7. The summed E-state index contributed by atoms with van der Waals surface area (Å²) in [6, 6.07) is 12.7. The number of hydrogen-bond acceptors (Lipinski definition) is 6. The number of nitrogens with zero attached hydrogens (tertiary/aromatic N) is 3. The molecule has 176 valence electrons. The number of allylic oxidation sites excluding steroid dienone is 1. The number of rotatable bonds is 6. The van der Waals surface area contributed by atoms with Gasteiger partial charge in [0.25, 0.3) is 10.6 Å². The van der Waals surface area contributed by atoms with E-state index in [1.54, 1.807) is 11.3 Å². The van der Waals surface area contributed by atoms with Crippen molar-refractivity contribution in [2.75, 3.05) is 25.4 Å². The molecule has 1 saturated heterocycles. The van der Waals surface area contributed by atoms with Crippen LogP contribution in [0.1, 0.15) is 18.9 Å².